The predicted octanol–water partition coefficient (Wildman–Crippen LogP) is 3.54. The first-order valence-corrected chi connectivity index (χ1v) is 7.12. The molecule has 0 radical (unpaired) electrons. The first-order valence-electron chi connectivity index (χ1n) is 6.36. The number of hydrogen-bond donors (Lipinski definition) is 2. The lowest BCUT2D eigenvalue weighted by molar-refractivity contribution is 0.0519. The molecule has 6 heteroatoms. The first kappa shape index (κ1) is 15.2. The van der Waals surface area contributed by atoms with Crippen LogP contribution in [0.5, 0.6) is 0 Å². The zero-order valence-electron chi connectivity index (χ0n) is 11.3. The summed E-state index contributed by atoms with van der Waals surface area (Å²) in [6.07, 6.45) is 0.523. The van der Waals surface area contributed by atoms with E-state index < -0.39 is 5.97 Å². The highest BCUT2D eigenvalue weighted by molar-refractivity contribution is 6.39. The van der Waals surface area contributed by atoms with E-state index in [0.717, 1.165) is 10.9 Å². The molecule has 0 bridgehead atoms. The maximum Gasteiger partial charge on any atom is 0.355 e. The summed E-state index contributed by atoms with van der Waals surface area (Å²) in [5.74, 6) is -0.411. The van der Waals surface area contributed by atoms with Gasteiger partial charge in [-0.15, -0.1) is 0 Å². The lowest BCUT2D eigenvalue weighted by atomic mass is 10.0. The van der Waals surface area contributed by atoms with E-state index in [1.54, 1.807) is 19.1 Å². The molecule has 108 valence electrons. The number of esters is 1. The number of nitrogens with one attached hydrogen (secondary N) is 1. The molecule has 20 heavy (non-hydrogen) atoms. The van der Waals surface area contributed by atoms with Gasteiger partial charge in [0, 0.05) is 22.0 Å². The number of H-pyrrole nitrogens is 1. The zero-order valence-corrected chi connectivity index (χ0v) is 12.8. The number of benzene rings is 1. The number of halogens is 2. The second-order valence-corrected chi connectivity index (χ2v) is 5.53. The van der Waals surface area contributed by atoms with Gasteiger partial charge < -0.3 is 15.5 Å². The third kappa shape index (κ3) is 2.92. The molecule has 0 aliphatic carbocycles. The number of carbonyl (C=O) groups excluding carboxylic acids is 1. The molecule has 0 fully saturated rings. The molecule has 0 spiro atoms. The standard InChI is InChI=1S/C14H16Cl2N2O2/c1-3-20-14(19)13-9(4-7(2)17)12-10(16)5-8(15)6-11(12)18-13/h5-7,18H,3-4,17H2,1-2H3. The maximum absolute atomic E-state index is 12.0. The van der Waals surface area contributed by atoms with Gasteiger partial charge in [-0.25, -0.2) is 4.79 Å². The smallest absolute Gasteiger partial charge is 0.355 e. The first-order chi connectivity index (χ1) is 9.43. The molecule has 3 N–H and O–H groups in total. The van der Waals surface area contributed by atoms with Crippen LogP contribution in [0.2, 0.25) is 10.0 Å². The van der Waals surface area contributed by atoms with Crippen molar-refractivity contribution in [1.29, 1.82) is 0 Å². The normalized spacial score (nSPS) is 12.7. The third-order valence-electron chi connectivity index (χ3n) is 2.92. The highest BCUT2D eigenvalue weighted by Gasteiger charge is 2.21. The number of nitrogens with two attached hydrogens (primary N) is 1. The van der Waals surface area contributed by atoms with E-state index >= 15 is 0 Å². The van der Waals surface area contributed by atoms with Crippen molar-refractivity contribution in [2.75, 3.05) is 6.61 Å². The summed E-state index contributed by atoms with van der Waals surface area (Å²) in [7, 11) is 0. The molecule has 1 unspecified atom stereocenters. The van der Waals surface area contributed by atoms with Crippen LogP contribution in [-0.4, -0.2) is 23.6 Å². The summed E-state index contributed by atoms with van der Waals surface area (Å²) in [6, 6.07) is 3.28. The summed E-state index contributed by atoms with van der Waals surface area (Å²) in [5, 5.41) is 1.78. The molecule has 1 atom stereocenters. The number of ether oxygens (including phenoxy) is 1. The molecule has 0 aliphatic heterocycles. The number of aromatic amines is 1. The van der Waals surface area contributed by atoms with Gasteiger partial charge in [-0.05, 0) is 38.0 Å². The monoisotopic (exact) mass is 314 g/mol. The van der Waals surface area contributed by atoms with Crippen molar-refractivity contribution in [3.8, 4) is 0 Å². The summed E-state index contributed by atoms with van der Waals surface area (Å²) in [4.78, 5) is 15.1. The van der Waals surface area contributed by atoms with Gasteiger partial charge in [-0.1, -0.05) is 23.2 Å². The lowest BCUT2D eigenvalue weighted by Crippen LogP contribution is -2.19. The van der Waals surface area contributed by atoms with E-state index in [1.807, 2.05) is 6.92 Å². The van der Waals surface area contributed by atoms with Crippen molar-refractivity contribution in [3.63, 3.8) is 0 Å². The third-order valence-corrected chi connectivity index (χ3v) is 3.44. The molecule has 4 nitrogen and oxygen atoms in total. The van der Waals surface area contributed by atoms with Crippen LogP contribution in [0.25, 0.3) is 10.9 Å². The molecule has 0 saturated heterocycles. The minimum absolute atomic E-state index is 0.103. The fourth-order valence-electron chi connectivity index (χ4n) is 2.22. The summed E-state index contributed by atoms with van der Waals surface area (Å²) in [5.41, 5.74) is 7.74. The Kier molecular flexibility index (Phi) is 4.58. The van der Waals surface area contributed by atoms with Crippen molar-refractivity contribution in [1.82, 2.24) is 4.98 Å². The molecule has 0 amide bonds. The van der Waals surface area contributed by atoms with Gasteiger partial charge in [0.2, 0.25) is 0 Å². The van der Waals surface area contributed by atoms with Gasteiger partial charge in [0.25, 0.3) is 0 Å². The average molecular weight is 315 g/mol. The van der Waals surface area contributed by atoms with Gasteiger partial charge in [0.05, 0.1) is 11.6 Å². The quantitative estimate of drug-likeness (QED) is 0.848. The fourth-order valence-corrected chi connectivity index (χ4v) is 2.83. The number of aromatic nitrogens is 1. The molecule has 1 aromatic carbocycles. The van der Waals surface area contributed by atoms with E-state index in [9.17, 15) is 4.79 Å². The Bertz CT molecular complexity index is 650. The highest BCUT2D eigenvalue weighted by Crippen LogP contribution is 2.33. The lowest BCUT2D eigenvalue weighted by Gasteiger charge is -2.08. The van der Waals surface area contributed by atoms with Crippen LogP contribution < -0.4 is 5.73 Å². The Morgan fingerprint density at radius 1 is 1.45 bits per heavy atom. The van der Waals surface area contributed by atoms with Crippen LogP contribution in [0.3, 0.4) is 0 Å². The minimum Gasteiger partial charge on any atom is -0.461 e. The summed E-state index contributed by atoms with van der Waals surface area (Å²) in [6.45, 7) is 3.94. The largest absolute Gasteiger partial charge is 0.461 e. The van der Waals surface area contributed by atoms with Crippen LogP contribution in [-0.2, 0) is 11.2 Å². The Morgan fingerprint density at radius 2 is 2.15 bits per heavy atom. The minimum atomic E-state index is -0.411. The van der Waals surface area contributed by atoms with Gasteiger partial charge >= 0.3 is 5.97 Å². The Balaban J connectivity index is 2.66. The van der Waals surface area contributed by atoms with Crippen molar-refractivity contribution < 1.29 is 9.53 Å². The Labute approximate surface area is 127 Å². The number of rotatable bonds is 4. The van der Waals surface area contributed by atoms with Crippen LogP contribution in [0, 0.1) is 0 Å². The van der Waals surface area contributed by atoms with E-state index in [2.05, 4.69) is 4.98 Å². The highest BCUT2D eigenvalue weighted by atomic mass is 35.5. The van der Waals surface area contributed by atoms with E-state index in [4.69, 9.17) is 33.7 Å². The van der Waals surface area contributed by atoms with Crippen LogP contribution >= 0.6 is 23.2 Å². The number of fused-ring (bicyclic) bond motifs is 1. The van der Waals surface area contributed by atoms with E-state index in [1.165, 1.54) is 0 Å². The van der Waals surface area contributed by atoms with Crippen LogP contribution in [0.1, 0.15) is 29.9 Å². The molecule has 0 saturated carbocycles. The van der Waals surface area contributed by atoms with Crippen molar-refractivity contribution in [2.24, 2.45) is 5.73 Å². The summed E-state index contributed by atoms with van der Waals surface area (Å²) < 4.78 is 5.06. The van der Waals surface area contributed by atoms with E-state index in [-0.39, 0.29) is 6.04 Å². The molecular formula is C14H16Cl2N2O2. The summed E-state index contributed by atoms with van der Waals surface area (Å²) >= 11 is 12.2. The molecule has 1 heterocycles. The Hall–Kier alpha value is -1.23. The second kappa shape index (κ2) is 6.04. The van der Waals surface area contributed by atoms with Crippen molar-refractivity contribution in [3.05, 3.63) is 33.4 Å². The fraction of sp³-hybridized carbons (Fsp3) is 0.357. The molecule has 0 aliphatic rings. The molecule has 2 rings (SSSR count). The van der Waals surface area contributed by atoms with E-state index in [0.29, 0.717) is 34.3 Å². The number of carbonyl (C=O) groups is 1. The maximum atomic E-state index is 12.0. The molecule has 1 aromatic heterocycles. The van der Waals surface area contributed by atoms with Crippen molar-refractivity contribution in [2.45, 2.75) is 26.3 Å². The molecule has 2 aromatic rings. The second-order valence-electron chi connectivity index (χ2n) is 4.69. The Morgan fingerprint density at radius 3 is 2.75 bits per heavy atom. The van der Waals surface area contributed by atoms with Gasteiger partial charge in [-0.3, -0.25) is 0 Å². The van der Waals surface area contributed by atoms with Crippen LogP contribution in [0.4, 0.5) is 0 Å². The van der Waals surface area contributed by atoms with Gasteiger partial charge in [0.1, 0.15) is 5.69 Å². The van der Waals surface area contributed by atoms with Gasteiger partial charge in [-0.2, -0.15) is 0 Å². The topological polar surface area (TPSA) is 68.1 Å². The predicted molar refractivity (Wildman–Crippen MR) is 81.6 cm³/mol. The van der Waals surface area contributed by atoms with Crippen LogP contribution in [0.15, 0.2) is 12.1 Å². The zero-order chi connectivity index (χ0) is 14.9. The van der Waals surface area contributed by atoms with Gasteiger partial charge in [0.15, 0.2) is 0 Å². The van der Waals surface area contributed by atoms with Crippen molar-refractivity contribution >= 4 is 40.1 Å². The SMILES string of the molecule is CCOC(=O)c1[nH]c2cc(Cl)cc(Cl)c2c1CC(C)N. The number of hydrogen-bond acceptors (Lipinski definition) is 3. The molecular weight excluding hydrogens is 299 g/mol. The average Bonchev–Trinajstić information content (AvgIpc) is 2.67.